The fourth-order valence-electron chi connectivity index (χ4n) is 3.01. The van der Waals surface area contributed by atoms with Gasteiger partial charge in [0.15, 0.2) is 12.2 Å². The number of carbonyl (C=O) groups excluding carboxylic acids is 1. The molecule has 0 aromatic carbocycles. The fraction of sp³-hybridized carbons (Fsp3) is 0.467. The smallest absolute Gasteiger partial charge is 0.481 e. The van der Waals surface area contributed by atoms with Crippen LogP contribution in [0.1, 0.15) is 27.0 Å². The molecule has 0 aliphatic rings. The molecular weight excluding hydrogens is 569 g/mol. The second kappa shape index (κ2) is 11.0. The first-order valence-electron chi connectivity index (χ1n) is 9.57. The molecule has 0 amide bonds. The Morgan fingerprint density at radius 1 is 1.22 bits per heavy atom. The van der Waals surface area contributed by atoms with E-state index in [0.29, 0.717) is 17.2 Å². The third-order valence-electron chi connectivity index (χ3n) is 4.54. The van der Waals surface area contributed by atoms with E-state index in [2.05, 4.69) is 18.8 Å². The number of anilines is 1. The van der Waals surface area contributed by atoms with Gasteiger partial charge in [0.2, 0.25) is 5.60 Å². The molecule has 2 atom stereocenters. The minimum atomic E-state index is -5.36. The first-order chi connectivity index (χ1) is 16.2. The Kier molecular flexibility index (Phi) is 9.33. The first-order valence-corrected chi connectivity index (χ1v) is 15.2. The predicted octanol–water partition coefficient (Wildman–Crippen LogP) is -2.04. The largest absolute Gasteiger partial charge is 0.546 e. The Morgan fingerprint density at radius 3 is 2.33 bits per heavy atom. The number of aryl methyl sites for hydroxylation is 1. The maximum Gasteiger partial charge on any atom is 0.481 e. The lowest BCUT2D eigenvalue weighted by molar-refractivity contribution is -0.702. The van der Waals surface area contributed by atoms with Crippen molar-refractivity contribution in [3.63, 3.8) is 0 Å². The van der Waals surface area contributed by atoms with Gasteiger partial charge >= 0.3 is 23.2 Å². The molecule has 2 aromatic rings. The molecule has 36 heavy (non-hydrogen) atoms. The normalized spacial score (nSPS) is 15.9. The fourth-order valence-corrected chi connectivity index (χ4v) is 6.89. The molecule has 0 spiro atoms. The number of phosphoric ester groups is 1. The zero-order chi connectivity index (χ0) is 27.7. The molecule has 2 heterocycles. The van der Waals surface area contributed by atoms with E-state index in [1.54, 1.807) is 6.92 Å². The van der Waals surface area contributed by atoms with Crippen LogP contribution in [0.15, 0.2) is 6.20 Å². The van der Waals surface area contributed by atoms with Crippen molar-refractivity contribution in [3.05, 3.63) is 33.2 Å². The number of rotatable bonds is 12. The van der Waals surface area contributed by atoms with Crippen molar-refractivity contribution < 1.29 is 66.6 Å². The second-order valence-electron chi connectivity index (χ2n) is 7.42. The minimum Gasteiger partial charge on any atom is -0.546 e. The molecule has 0 saturated carbocycles. The van der Waals surface area contributed by atoms with Crippen LogP contribution in [0.5, 0.6) is 0 Å². The van der Waals surface area contributed by atoms with Crippen LogP contribution in [0.2, 0.25) is 0 Å². The van der Waals surface area contributed by atoms with Crippen LogP contribution in [0.3, 0.4) is 0 Å². The SMILES string of the molecule is Cc1ncc(C[n+]2c(C(O)(CP(=O)(O)O)C(=O)[O-])sc(CCOP(=O)(O)OP(=O)(O)O)c2C)c(N)n1. The Labute approximate surface area is 207 Å². The molecular formula is C15H23N4O13P3S. The van der Waals surface area contributed by atoms with E-state index in [4.69, 9.17) is 15.5 Å². The topological polar surface area (TPSA) is 287 Å². The maximum atomic E-state index is 11.9. The van der Waals surface area contributed by atoms with Gasteiger partial charge < -0.3 is 45.2 Å². The highest BCUT2D eigenvalue weighted by Gasteiger charge is 2.48. The molecule has 0 radical (unpaired) electrons. The van der Waals surface area contributed by atoms with Crippen LogP contribution in [-0.4, -0.2) is 58.3 Å². The van der Waals surface area contributed by atoms with Crippen molar-refractivity contribution in [2.45, 2.75) is 32.4 Å². The average molecular weight is 592 g/mol. The number of aromatic nitrogens is 3. The van der Waals surface area contributed by atoms with E-state index >= 15 is 0 Å². The van der Waals surface area contributed by atoms with Crippen LogP contribution in [0, 0.1) is 13.8 Å². The zero-order valence-corrected chi connectivity index (χ0v) is 22.1. The Bertz CT molecular complexity index is 1290. The van der Waals surface area contributed by atoms with Gasteiger partial charge in [-0.25, -0.2) is 19.1 Å². The highest BCUT2D eigenvalue weighted by Crippen LogP contribution is 2.57. The molecule has 21 heteroatoms. The van der Waals surface area contributed by atoms with Crippen molar-refractivity contribution in [2.24, 2.45) is 0 Å². The summed E-state index contributed by atoms with van der Waals surface area (Å²) < 4.78 is 43.4. The lowest BCUT2D eigenvalue weighted by Gasteiger charge is -2.25. The summed E-state index contributed by atoms with van der Waals surface area (Å²) in [5.74, 6) is -1.86. The molecule has 0 bridgehead atoms. The molecule has 0 aliphatic carbocycles. The molecule has 0 saturated heterocycles. The first kappa shape index (κ1) is 30.6. The Hall–Kier alpha value is -1.65. The van der Waals surface area contributed by atoms with Crippen molar-refractivity contribution in [3.8, 4) is 0 Å². The summed E-state index contributed by atoms with van der Waals surface area (Å²) in [5.41, 5.74) is 3.22. The standard InChI is InChI=1S/C15H23N4O13P3S/c1-8-11(3-4-31-35(29,30)32-34(26,27)28)36-13(15(22,14(20)21)7-33(23,24)25)19(8)6-10-5-17-9(2)18-12(10)16/h5,22H,3-4,6-7H2,1-2H3,(H7-,16,17,18,20,21,23,24,25,26,27,28,29,30). The van der Waals surface area contributed by atoms with E-state index in [1.807, 2.05) is 0 Å². The number of hydrogen-bond acceptors (Lipinski definition) is 12. The number of aliphatic hydroxyl groups is 1. The number of carboxylic acid groups (broad SMARTS) is 1. The monoisotopic (exact) mass is 592 g/mol. The number of nitrogens with zero attached hydrogens (tertiary/aromatic N) is 3. The number of nitrogens with two attached hydrogens (primary N) is 1. The number of thiazole rings is 1. The van der Waals surface area contributed by atoms with E-state index in [1.165, 1.54) is 17.7 Å². The summed E-state index contributed by atoms with van der Waals surface area (Å²) in [6.45, 7) is 2.10. The highest BCUT2D eigenvalue weighted by atomic mass is 32.1. The number of hydrogen-bond donors (Lipinski definition) is 7. The second-order valence-corrected chi connectivity index (χ2v) is 13.0. The summed E-state index contributed by atoms with van der Waals surface area (Å²) >= 11 is 0.576. The van der Waals surface area contributed by atoms with Crippen LogP contribution >= 0.6 is 34.6 Å². The molecule has 0 aliphatic heterocycles. The van der Waals surface area contributed by atoms with Crippen LogP contribution in [0.25, 0.3) is 0 Å². The van der Waals surface area contributed by atoms with Crippen molar-refractivity contribution >= 4 is 46.4 Å². The number of aliphatic carboxylic acids is 1. The van der Waals surface area contributed by atoms with Crippen molar-refractivity contribution in [2.75, 3.05) is 18.5 Å². The Morgan fingerprint density at radius 2 is 1.83 bits per heavy atom. The van der Waals surface area contributed by atoms with Crippen molar-refractivity contribution in [1.82, 2.24) is 9.97 Å². The van der Waals surface area contributed by atoms with E-state index in [9.17, 15) is 43.4 Å². The molecule has 17 nitrogen and oxygen atoms in total. The average Bonchev–Trinajstić information content (AvgIpc) is 2.97. The predicted molar refractivity (Wildman–Crippen MR) is 118 cm³/mol. The van der Waals surface area contributed by atoms with Crippen LogP contribution < -0.4 is 15.4 Å². The van der Waals surface area contributed by atoms with Gasteiger partial charge in [0, 0.05) is 19.5 Å². The highest BCUT2D eigenvalue weighted by molar-refractivity contribution is 7.60. The van der Waals surface area contributed by atoms with Gasteiger partial charge in [-0.3, -0.25) is 9.09 Å². The quantitative estimate of drug-likeness (QED) is 0.103. The van der Waals surface area contributed by atoms with Crippen LogP contribution in [0.4, 0.5) is 5.82 Å². The summed E-state index contributed by atoms with van der Waals surface area (Å²) in [6, 6.07) is 0. The number of carboxylic acids is 1. The van der Waals surface area contributed by atoms with Crippen molar-refractivity contribution in [1.29, 1.82) is 0 Å². The summed E-state index contributed by atoms with van der Waals surface area (Å²) in [5, 5.41) is 22.2. The summed E-state index contributed by atoms with van der Waals surface area (Å²) in [6.07, 6.45) is -0.471. The van der Waals surface area contributed by atoms with Crippen LogP contribution in [-0.2, 0) is 45.9 Å². The third kappa shape index (κ3) is 8.18. The summed E-state index contributed by atoms with van der Waals surface area (Å²) in [4.78, 5) is 65.6. The van der Waals surface area contributed by atoms with Gasteiger partial charge in [-0.2, -0.15) is 8.88 Å². The molecule has 2 rings (SSSR count). The Balaban J connectivity index is 2.52. The van der Waals surface area contributed by atoms with Gasteiger partial charge in [-0.1, -0.05) is 11.3 Å². The van der Waals surface area contributed by atoms with E-state index in [0.717, 1.165) is 0 Å². The molecule has 202 valence electrons. The molecule has 2 unspecified atom stereocenters. The molecule has 8 N–H and O–H groups in total. The van der Waals surface area contributed by atoms with Gasteiger partial charge in [0.25, 0.3) is 5.01 Å². The molecule has 2 aromatic heterocycles. The van der Waals surface area contributed by atoms with Gasteiger partial charge in [-0.15, -0.1) is 0 Å². The zero-order valence-electron chi connectivity index (χ0n) is 18.6. The third-order valence-corrected chi connectivity index (χ3v) is 9.09. The van der Waals surface area contributed by atoms with Gasteiger partial charge in [0.1, 0.15) is 11.6 Å². The number of carbonyl (C=O) groups is 1. The number of phosphoric acid groups is 2. The lowest BCUT2D eigenvalue weighted by Crippen LogP contribution is -2.55. The lowest BCUT2D eigenvalue weighted by atomic mass is 10.1. The van der Waals surface area contributed by atoms with Gasteiger partial charge in [0.05, 0.1) is 29.2 Å². The minimum absolute atomic E-state index is 0.0132. The number of nitrogen functional groups attached to an aromatic ring is 1. The van der Waals surface area contributed by atoms with Gasteiger partial charge in [-0.05, 0) is 6.92 Å². The summed E-state index contributed by atoms with van der Waals surface area (Å²) in [7, 11) is -15.6. The van der Waals surface area contributed by atoms with E-state index < -0.39 is 52.6 Å². The molecule has 0 fully saturated rings. The van der Waals surface area contributed by atoms with E-state index in [-0.39, 0.29) is 34.9 Å². The maximum absolute atomic E-state index is 11.9.